The minimum atomic E-state index is -3.52. The zero-order chi connectivity index (χ0) is 16.4. The van der Waals surface area contributed by atoms with Gasteiger partial charge in [-0.25, -0.2) is 8.42 Å². The Hall–Kier alpha value is -2.61. The molecule has 23 heavy (non-hydrogen) atoms. The lowest BCUT2D eigenvalue weighted by molar-refractivity contribution is -0.122. The van der Waals surface area contributed by atoms with Gasteiger partial charge in [0, 0.05) is 6.20 Å². The van der Waals surface area contributed by atoms with Crippen LogP contribution in [0.3, 0.4) is 0 Å². The van der Waals surface area contributed by atoms with Crippen molar-refractivity contribution in [2.45, 2.75) is 6.10 Å². The highest BCUT2D eigenvalue weighted by Gasteiger charge is 2.34. The molecule has 1 atom stereocenters. The first-order valence-corrected chi connectivity index (χ1v) is 8.74. The van der Waals surface area contributed by atoms with Crippen molar-refractivity contribution >= 4 is 27.3 Å². The van der Waals surface area contributed by atoms with Crippen LogP contribution >= 0.6 is 0 Å². The van der Waals surface area contributed by atoms with Gasteiger partial charge < -0.3 is 10.1 Å². The number of benzene rings is 1. The van der Waals surface area contributed by atoms with Crippen LogP contribution in [0, 0.1) is 0 Å². The van der Waals surface area contributed by atoms with E-state index in [0.717, 1.165) is 6.26 Å². The van der Waals surface area contributed by atoms with E-state index in [0.29, 0.717) is 17.1 Å². The molecule has 0 aliphatic carbocycles. The van der Waals surface area contributed by atoms with Crippen LogP contribution in [0.4, 0.5) is 11.4 Å². The quantitative estimate of drug-likeness (QED) is 0.913. The summed E-state index contributed by atoms with van der Waals surface area (Å²) in [7, 11) is -3.52. The largest absolute Gasteiger partial charge is 0.476 e. The molecular weight excluding hydrogens is 318 g/mol. The van der Waals surface area contributed by atoms with Gasteiger partial charge >= 0.3 is 0 Å². The number of nitrogens with one attached hydrogen (secondary N) is 1. The first kappa shape index (κ1) is 15.3. The fraction of sp³-hybridized carbons (Fsp3) is 0.200. The third-order valence-electron chi connectivity index (χ3n) is 3.36. The standard InChI is InChI=1S/C15H15N3O4S/c1-23(20,21)18-10-14(22-13-7-3-2-6-12(13)18)15(19)17-11-5-4-8-16-9-11/h2-9,14H,10H2,1H3,(H,17,19)/t14-/m1/s1. The number of fused-ring (bicyclic) bond motifs is 1. The summed E-state index contributed by atoms with van der Waals surface area (Å²) in [6, 6.07) is 10.1. The molecule has 1 aromatic carbocycles. The molecular formula is C15H15N3O4S. The Morgan fingerprint density at radius 1 is 1.30 bits per heavy atom. The lowest BCUT2D eigenvalue weighted by Gasteiger charge is -2.33. The molecule has 1 aromatic heterocycles. The van der Waals surface area contributed by atoms with Crippen molar-refractivity contribution in [2.75, 3.05) is 22.4 Å². The van der Waals surface area contributed by atoms with Crippen molar-refractivity contribution in [1.29, 1.82) is 0 Å². The first-order chi connectivity index (χ1) is 10.9. The van der Waals surface area contributed by atoms with E-state index in [1.165, 1.54) is 10.5 Å². The number of hydrogen-bond donors (Lipinski definition) is 1. The van der Waals surface area contributed by atoms with Crippen LogP contribution in [-0.2, 0) is 14.8 Å². The molecule has 3 rings (SSSR count). The first-order valence-electron chi connectivity index (χ1n) is 6.89. The summed E-state index contributed by atoms with van der Waals surface area (Å²) >= 11 is 0. The van der Waals surface area contributed by atoms with Crippen LogP contribution < -0.4 is 14.4 Å². The van der Waals surface area contributed by atoms with Crippen molar-refractivity contribution in [3.63, 3.8) is 0 Å². The second-order valence-electron chi connectivity index (χ2n) is 5.10. The SMILES string of the molecule is CS(=O)(=O)N1C[C@H](C(=O)Nc2cccnc2)Oc2ccccc21. The molecule has 0 radical (unpaired) electrons. The average molecular weight is 333 g/mol. The average Bonchev–Trinajstić information content (AvgIpc) is 2.54. The summed E-state index contributed by atoms with van der Waals surface area (Å²) in [5.41, 5.74) is 0.950. The van der Waals surface area contributed by atoms with E-state index in [9.17, 15) is 13.2 Å². The smallest absolute Gasteiger partial charge is 0.267 e. The van der Waals surface area contributed by atoms with Crippen LogP contribution in [0.2, 0.25) is 0 Å². The fourth-order valence-corrected chi connectivity index (χ4v) is 3.23. The number of aromatic nitrogens is 1. The normalized spacial score (nSPS) is 17.1. The van der Waals surface area contributed by atoms with Gasteiger partial charge in [0.25, 0.3) is 5.91 Å². The Labute approximate surface area is 134 Å². The topological polar surface area (TPSA) is 88.6 Å². The van der Waals surface area contributed by atoms with Crippen molar-refractivity contribution in [1.82, 2.24) is 4.98 Å². The molecule has 2 aromatic rings. The Morgan fingerprint density at radius 3 is 2.78 bits per heavy atom. The predicted octanol–water partition coefficient (Wildman–Crippen LogP) is 1.25. The van der Waals surface area contributed by atoms with Gasteiger partial charge in [-0.2, -0.15) is 0 Å². The van der Waals surface area contributed by atoms with Crippen LogP contribution in [-0.4, -0.2) is 38.2 Å². The van der Waals surface area contributed by atoms with Crippen LogP contribution in [0.1, 0.15) is 0 Å². The zero-order valence-electron chi connectivity index (χ0n) is 12.3. The highest BCUT2D eigenvalue weighted by Crippen LogP contribution is 2.34. The molecule has 8 heteroatoms. The second kappa shape index (κ2) is 5.88. The summed E-state index contributed by atoms with van der Waals surface area (Å²) < 4.78 is 30.8. The van der Waals surface area contributed by atoms with Gasteiger partial charge in [-0.3, -0.25) is 14.1 Å². The third kappa shape index (κ3) is 3.26. The number of carbonyl (C=O) groups excluding carboxylic acids is 1. The van der Waals surface area contributed by atoms with Gasteiger partial charge in [-0.05, 0) is 24.3 Å². The number of sulfonamides is 1. The minimum absolute atomic E-state index is 0.0814. The summed E-state index contributed by atoms with van der Waals surface area (Å²) in [6.45, 7) is -0.0814. The second-order valence-corrected chi connectivity index (χ2v) is 7.01. The van der Waals surface area contributed by atoms with Gasteiger partial charge in [-0.15, -0.1) is 0 Å². The minimum Gasteiger partial charge on any atom is -0.476 e. The Morgan fingerprint density at radius 2 is 2.09 bits per heavy atom. The van der Waals surface area contributed by atoms with Gasteiger partial charge in [0.1, 0.15) is 5.75 Å². The van der Waals surface area contributed by atoms with Gasteiger partial charge in [0.05, 0.1) is 30.4 Å². The van der Waals surface area contributed by atoms with Crippen molar-refractivity contribution in [2.24, 2.45) is 0 Å². The van der Waals surface area contributed by atoms with Gasteiger partial charge in [0.15, 0.2) is 6.10 Å². The number of rotatable bonds is 3. The summed E-state index contributed by atoms with van der Waals surface area (Å²) in [5.74, 6) is -0.0725. The molecule has 1 aliphatic rings. The Balaban J connectivity index is 1.87. The number of ether oxygens (including phenoxy) is 1. The van der Waals surface area contributed by atoms with E-state index in [4.69, 9.17) is 4.74 Å². The van der Waals surface area contributed by atoms with Gasteiger partial charge in [0.2, 0.25) is 10.0 Å². The van der Waals surface area contributed by atoms with E-state index in [1.807, 2.05) is 0 Å². The summed E-state index contributed by atoms with van der Waals surface area (Å²) in [5, 5.41) is 2.67. The molecule has 0 bridgehead atoms. The van der Waals surface area contributed by atoms with Crippen LogP contribution in [0.5, 0.6) is 5.75 Å². The lowest BCUT2D eigenvalue weighted by atomic mass is 10.2. The number of carbonyl (C=O) groups is 1. The fourth-order valence-electron chi connectivity index (χ4n) is 2.31. The number of nitrogens with zero attached hydrogens (tertiary/aromatic N) is 2. The van der Waals surface area contributed by atoms with Crippen LogP contribution in [0.15, 0.2) is 48.8 Å². The van der Waals surface area contributed by atoms with E-state index in [2.05, 4.69) is 10.3 Å². The van der Waals surface area contributed by atoms with Crippen molar-refractivity contribution in [3.8, 4) is 5.75 Å². The third-order valence-corrected chi connectivity index (χ3v) is 4.50. The molecule has 2 heterocycles. The summed E-state index contributed by atoms with van der Waals surface area (Å²) in [4.78, 5) is 16.3. The maximum absolute atomic E-state index is 12.4. The molecule has 0 fully saturated rings. The Kier molecular flexibility index (Phi) is 3.91. The zero-order valence-corrected chi connectivity index (χ0v) is 13.2. The van der Waals surface area contributed by atoms with E-state index in [1.54, 1.807) is 42.6 Å². The van der Waals surface area contributed by atoms with Crippen molar-refractivity contribution < 1.29 is 17.9 Å². The van der Waals surface area contributed by atoms with E-state index in [-0.39, 0.29) is 6.54 Å². The maximum Gasteiger partial charge on any atom is 0.267 e. The number of para-hydroxylation sites is 2. The highest BCUT2D eigenvalue weighted by atomic mass is 32.2. The van der Waals surface area contributed by atoms with E-state index >= 15 is 0 Å². The highest BCUT2D eigenvalue weighted by molar-refractivity contribution is 7.92. The molecule has 0 saturated carbocycles. The number of anilines is 2. The predicted molar refractivity (Wildman–Crippen MR) is 85.9 cm³/mol. The summed E-state index contributed by atoms with van der Waals surface area (Å²) in [6.07, 6.45) is 3.25. The number of hydrogen-bond acceptors (Lipinski definition) is 5. The molecule has 0 saturated heterocycles. The van der Waals surface area contributed by atoms with E-state index < -0.39 is 22.0 Å². The Bertz CT molecular complexity index is 824. The molecule has 1 N–H and O–H groups in total. The molecule has 7 nitrogen and oxygen atoms in total. The molecule has 1 aliphatic heterocycles. The number of amides is 1. The molecule has 120 valence electrons. The van der Waals surface area contributed by atoms with Crippen LogP contribution in [0.25, 0.3) is 0 Å². The monoisotopic (exact) mass is 333 g/mol. The molecule has 0 unspecified atom stereocenters. The number of pyridine rings is 1. The lowest BCUT2D eigenvalue weighted by Crippen LogP contribution is -2.48. The van der Waals surface area contributed by atoms with Crippen molar-refractivity contribution in [3.05, 3.63) is 48.8 Å². The maximum atomic E-state index is 12.4. The van der Waals surface area contributed by atoms with Gasteiger partial charge in [-0.1, -0.05) is 12.1 Å². The molecule has 1 amide bonds. The molecule has 0 spiro atoms.